The first-order valence-electron chi connectivity index (χ1n) is 7.67. The summed E-state index contributed by atoms with van der Waals surface area (Å²) in [4.78, 5) is 11.6. The van der Waals surface area contributed by atoms with Crippen molar-refractivity contribution in [1.29, 1.82) is 0 Å². The molecule has 106 valence electrons. The van der Waals surface area contributed by atoms with Gasteiger partial charge in [0.05, 0.1) is 11.5 Å². The number of fused-ring (bicyclic) bond motifs is 2. The van der Waals surface area contributed by atoms with Gasteiger partial charge in [-0.1, -0.05) is 6.92 Å². The molecular formula is C15H23NO3. The van der Waals surface area contributed by atoms with Crippen molar-refractivity contribution in [3.8, 4) is 0 Å². The zero-order valence-corrected chi connectivity index (χ0v) is 12.0. The molecule has 4 rings (SSSR count). The summed E-state index contributed by atoms with van der Waals surface area (Å²) < 4.78 is 6.44. The SMILES string of the molecule is C[C@@H]1CC[C@H]2[C@]13CC[C@@]1(C)O[C@@]2(C)[C@H]([N+](=O)[O-])[C@@H]1C3. The van der Waals surface area contributed by atoms with Crippen molar-refractivity contribution in [2.45, 2.75) is 70.1 Å². The molecule has 0 N–H and O–H groups in total. The van der Waals surface area contributed by atoms with Crippen LogP contribution in [0.15, 0.2) is 0 Å². The van der Waals surface area contributed by atoms with Gasteiger partial charge in [-0.15, -0.1) is 0 Å². The van der Waals surface area contributed by atoms with Crippen LogP contribution in [0.2, 0.25) is 0 Å². The number of nitrogens with zero attached hydrogens (tertiary/aromatic N) is 1. The highest BCUT2D eigenvalue weighted by Gasteiger charge is 2.78. The smallest absolute Gasteiger partial charge is 0.247 e. The lowest BCUT2D eigenvalue weighted by Gasteiger charge is -2.52. The van der Waals surface area contributed by atoms with Gasteiger partial charge < -0.3 is 4.74 Å². The molecule has 19 heavy (non-hydrogen) atoms. The quantitative estimate of drug-likeness (QED) is 0.541. The largest absolute Gasteiger partial charge is 0.361 e. The number of hydrogen-bond donors (Lipinski definition) is 0. The van der Waals surface area contributed by atoms with Crippen molar-refractivity contribution >= 4 is 0 Å². The van der Waals surface area contributed by atoms with Crippen molar-refractivity contribution in [3.05, 3.63) is 10.1 Å². The van der Waals surface area contributed by atoms with E-state index in [1.807, 2.05) is 6.92 Å². The van der Waals surface area contributed by atoms with Crippen LogP contribution < -0.4 is 0 Å². The monoisotopic (exact) mass is 265 g/mol. The normalized spacial score (nSPS) is 62.3. The van der Waals surface area contributed by atoms with Gasteiger partial charge in [-0.05, 0) is 57.3 Å². The van der Waals surface area contributed by atoms with E-state index < -0.39 is 11.6 Å². The summed E-state index contributed by atoms with van der Waals surface area (Å²) in [6, 6.07) is -0.485. The van der Waals surface area contributed by atoms with Gasteiger partial charge in [-0.2, -0.15) is 0 Å². The van der Waals surface area contributed by atoms with Gasteiger partial charge in [0.25, 0.3) is 0 Å². The van der Waals surface area contributed by atoms with Crippen molar-refractivity contribution in [2.24, 2.45) is 23.2 Å². The van der Waals surface area contributed by atoms with Gasteiger partial charge in [-0.25, -0.2) is 0 Å². The Bertz CT molecular complexity index is 466. The maximum Gasteiger partial charge on any atom is 0.247 e. The van der Waals surface area contributed by atoms with Crippen LogP contribution in [0.5, 0.6) is 0 Å². The minimum atomic E-state index is -0.525. The number of nitro groups is 1. The van der Waals surface area contributed by atoms with Crippen LogP contribution in [0.25, 0.3) is 0 Å². The highest BCUT2D eigenvalue weighted by atomic mass is 16.6. The van der Waals surface area contributed by atoms with Crippen LogP contribution in [0, 0.1) is 33.3 Å². The van der Waals surface area contributed by atoms with E-state index in [0.29, 0.717) is 17.3 Å². The molecular weight excluding hydrogens is 242 g/mol. The van der Waals surface area contributed by atoms with E-state index >= 15 is 0 Å². The first kappa shape index (κ1) is 12.1. The van der Waals surface area contributed by atoms with Crippen molar-refractivity contribution < 1.29 is 9.66 Å². The Kier molecular flexibility index (Phi) is 2.02. The highest BCUT2D eigenvalue weighted by molar-refractivity contribution is 5.22. The molecule has 0 aromatic heterocycles. The Balaban J connectivity index is 1.90. The average Bonchev–Trinajstić information content (AvgIpc) is 2.69. The van der Waals surface area contributed by atoms with Crippen LogP contribution in [0.4, 0.5) is 0 Å². The van der Waals surface area contributed by atoms with Gasteiger partial charge in [-0.3, -0.25) is 10.1 Å². The summed E-state index contributed by atoms with van der Waals surface area (Å²) >= 11 is 0. The molecule has 0 aromatic carbocycles. The topological polar surface area (TPSA) is 52.4 Å². The lowest BCUT2D eigenvalue weighted by Crippen LogP contribution is -2.60. The van der Waals surface area contributed by atoms with Crippen molar-refractivity contribution in [1.82, 2.24) is 0 Å². The fourth-order valence-corrected chi connectivity index (χ4v) is 6.52. The molecule has 1 saturated heterocycles. The summed E-state index contributed by atoms with van der Waals surface area (Å²) in [5.74, 6) is 1.22. The Morgan fingerprint density at radius 3 is 2.68 bits per heavy atom. The first-order chi connectivity index (χ1) is 8.83. The van der Waals surface area contributed by atoms with E-state index in [0.717, 1.165) is 19.3 Å². The van der Waals surface area contributed by atoms with Gasteiger partial charge in [0.15, 0.2) is 0 Å². The van der Waals surface area contributed by atoms with E-state index in [9.17, 15) is 10.1 Å². The fourth-order valence-electron chi connectivity index (χ4n) is 6.52. The van der Waals surface area contributed by atoms with E-state index in [4.69, 9.17) is 4.74 Å². The van der Waals surface area contributed by atoms with Crippen LogP contribution in [0.3, 0.4) is 0 Å². The first-order valence-corrected chi connectivity index (χ1v) is 7.67. The van der Waals surface area contributed by atoms with Gasteiger partial charge in [0.1, 0.15) is 5.60 Å². The third-order valence-electron chi connectivity index (χ3n) is 7.38. The number of rotatable bonds is 1. The fraction of sp³-hybridized carbons (Fsp3) is 1.00. The minimum absolute atomic E-state index is 0.0336. The van der Waals surface area contributed by atoms with E-state index in [-0.39, 0.29) is 16.4 Å². The second kappa shape index (κ2) is 3.16. The molecule has 0 radical (unpaired) electrons. The molecule has 3 saturated carbocycles. The Morgan fingerprint density at radius 1 is 1.26 bits per heavy atom. The zero-order chi connectivity index (χ0) is 13.6. The molecule has 7 atom stereocenters. The third kappa shape index (κ3) is 1.12. The molecule has 1 aliphatic heterocycles. The summed E-state index contributed by atoms with van der Waals surface area (Å²) in [5.41, 5.74) is -0.438. The van der Waals surface area contributed by atoms with Crippen molar-refractivity contribution in [2.75, 3.05) is 0 Å². The minimum Gasteiger partial charge on any atom is -0.361 e. The molecule has 4 aliphatic rings. The van der Waals surface area contributed by atoms with Crippen LogP contribution in [-0.2, 0) is 4.74 Å². The standard InChI is InChI=1S/C15H23NO3/c1-9-4-5-11-14(3)12(16(17)18)10-8-15(9,11)7-6-13(10,2)19-14/h9-12H,4-8H2,1-3H3/t9-,10+,11-,12-,13-,14-,15+/m1/s1. The zero-order valence-electron chi connectivity index (χ0n) is 12.0. The molecule has 0 amide bonds. The lowest BCUT2D eigenvalue weighted by atomic mass is 9.49. The molecule has 4 heteroatoms. The molecule has 3 aliphatic carbocycles. The molecule has 0 unspecified atom stereocenters. The summed E-state index contributed by atoms with van der Waals surface area (Å²) in [6.45, 7) is 6.52. The Hall–Kier alpha value is -0.640. The van der Waals surface area contributed by atoms with E-state index in [1.54, 1.807) is 0 Å². The van der Waals surface area contributed by atoms with Crippen LogP contribution in [-0.4, -0.2) is 22.2 Å². The molecule has 1 heterocycles. The van der Waals surface area contributed by atoms with Gasteiger partial charge in [0, 0.05) is 10.8 Å². The van der Waals surface area contributed by atoms with E-state index in [2.05, 4.69) is 13.8 Å². The molecule has 0 aromatic rings. The Labute approximate surface area is 114 Å². The summed E-state index contributed by atoms with van der Waals surface area (Å²) in [6.07, 6.45) is 5.59. The van der Waals surface area contributed by atoms with Gasteiger partial charge in [0.2, 0.25) is 6.04 Å². The third-order valence-corrected chi connectivity index (χ3v) is 7.38. The second-order valence-electron chi connectivity index (χ2n) is 7.90. The summed E-state index contributed by atoms with van der Waals surface area (Å²) in [7, 11) is 0. The predicted octanol–water partition coefficient (Wildman–Crippen LogP) is 3.03. The Morgan fingerprint density at radius 2 is 2.00 bits per heavy atom. The number of hydrogen-bond acceptors (Lipinski definition) is 3. The molecule has 3 bridgehead atoms. The number of ether oxygens (including phenoxy) is 1. The average molecular weight is 265 g/mol. The summed E-state index contributed by atoms with van der Waals surface area (Å²) in [5, 5.41) is 11.6. The second-order valence-corrected chi connectivity index (χ2v) is 7.90. The predicted molar refractivity (Wildman–Crippen MR) is 70.3 cm³/mol. The lowest BCUT2D eigenvalue weighted by molar-refractivity contribution is -0.552. The molecule has 4 fully saturated rings. The van der Waals surface area contributed by atoms with E-state index in [1.165, 1.54) is 12.8 Å². The maximum absolute atomic E-state index is 11.6. The maximum atomic E-state index is 11.6. The van der Waals surface area contributed by atoms with Crippen LogP contribution >= 0.6 is 0 Å². The van der Waals surface area contributed by atoms with Crippen molar-refractivity contribution in [3.63, 3.8) is 0 Å². The molecule has 4 nitrogen and oxygen atoms in total. The highest BCUT2D eigenvalue weighted by Crippen LogP contribution is 2.72. The van der Waals surface area contributed by atoms with Crippen LogP contribution in [0.1, 0.15) is 52.9 Å². The molecule has 1 spiro atoms. The van der Waals surface area contributed by atoms with Gasteiger partial charge >= 0.3 is 0 Å².